The van der Waals surface area contributed by atoms with Gasteiger partial charge in [-0.15, -0.1) is 0 Å². The van der Waals surface area contributed by atoms with E-state index in [9.17, 15) is 13.2 Å². The Balaban J connectivity index is 1.78. The fourth-order valence-electron chi connectivity index (χ4n) is 3.19. The maximum atomic E-state index is 13.1. The first kappa shape index (κ1) is 23.6. The number of nitrogens with one attached hydrogen (secondary N) is 1. The maximum Gasteiger partial charge on any atom is 0.248 e. The van der Waals surface area contributed by atoms with Gasteiger partial charge >= 0.3 is 0 Å². The molecule has 1 aliphatic heterocycles. The molecule has 0 radical (unpaired) electrons. The van der Waals surface area contributed by atoms with Crippen molar-refractivity contribution in [2.75, 3.05) is 52.9 Å². The molecule has 1 aliphatic rings. The third kappa shape index (κ3) is 5.39. The van der Waals surface area contributed by atoms with Crippen LogP contribution < -0.4 is 19.5 Å². The Labute approximate surface area is 187 Å². The van der Waals surface area contributed by atoms with E-state index in [2.05, 4.69) is 5.32 Å². The summed E-state index contributed by atoms with van der Waals surface area (Å²) in [6.07, 6.45) is 2.86. The number of rotatable bonds is 8. The van der Waals surface area contributed by atoms with Crippen LogP contribution in [0.1, 0.15) is 5.56 Å². The zero-order valence-electron chi connectivity index (χ0n) is 18.2. The molecule has 3 rings (SSSR count). The molecule has 2 aromatic carbocycles. The van der Waals surface area contributed by atoms with Crippen molar-refractivity contribution < 1.29 is 32.2 Å². The quantitative estimate of drug-likeness (QED) is 0.601. The van der Waals surface area contributed by atoms with Gasteiger partial charge in [0, 0.05) is 30.9 Å². The van der Waals surface area contributed by atoms with Crippen molar-refractivity contribution in [1.29, 1.82) is 0 Å². The third-order valence-corrected chi connectivity index (χ3v) is 6.77. The van der Waals surface area contributed by atoms with Gasteiger partial charge in [0.25, 0.3) is 0 Å². The molecule has 0 spiro atoms. The number of carbonyl (C=O) groups excluding carboxylic acids is 1. The van der Waals surface area contributed by atoms with Crippen LogP contribution in [0.25, 0.3) is 6.08 Å². The molecule has 172 valence electrons. The first-order chi connectivity index (χ1) is 15.4. The molecule has 2 aromatic rings. The highest BCUT2D eigenvalue weighted by molar-refractivity contribution is 7.89. The minimum Gasteiger partial charge on any atom is -0.495 e. The van der Waals surface area contributed by atoms with Crippen molar-refractivity contribution in [3.63, 3.8) is 0 Å². The topological polar surface area (TPSA) is 103 Å². The van der Waals surface area contributed by atoms with Crippen LogP contribution in [0, 0.1) is 0 Å². The summed E-state index contributed by atoms with van der Waals surface area (Å²) in [6, 6.07) is 9.75. The molecular formula is C22H26N2O7S. The molecule has 0 bridgehead atoms. The van der Waals surface area contributed by atoms with Gasteiger partial charge in [-0.05, 0) is 35.9 Å². The van der Waals surface area contributed by atoms with Gasteiger partial charge in [-0.1, -0.05) is 6.07 Å². The summed E-state index contributed by atoms with van der Waals surface area (Å²) < 4.78 is 48.4. The molecule has 0 saturated carbocycles. The molecule has 0 aromatic heterocycles. The van der Waals surface area contributed by atoms with Gasteiger partial charge in [0.1, 0.15) is 10.6 Å². The number of hydrogen-bond acceptors (Lipinski definition) is 7. The number of amides is 1. The Bertz CT molecular complexity index is 1090. The second-order valence-electron chi connectivity index (χ2n) is 6.82. The number of carbonyl (C=O) groups is 1. The summed E-state index contributed by atoms with van der Waals surface area (Å²) in [4.78, 5) is 12.4. The molecule has 0 atom stereocenters. The number of methoxy groups -OCH3 is 3. The van der Waals surface area contributed by atoms with Gasteiger partial charge in [0.2, 0.25) is 15.9 Å². The predicted molar refractivity (Wildman–Crippen MR) is 120 cm³/mol. The van der Waals surface area contributed by atoms with Gasteiger partial charge < -0.3 is 24.3 Å². The number of nitrogens with zero attached hydrogens (tertiary/aromatic N) is 1. The molecule has 0 aliphatic carbocycles. The summed E-state index contributed by atoms with van der Waals surface area (Å²) in [5.74, 6) is 0.893. The van der Waals surface area contributed by atoms with Crippen LogP contribution in [0.4, 0.5) is 5.69 Å². The Morgan fingerprint density at radius 1 is 0.969 bits per heavy atom. The van der Waals surface area contributed by atoms with Crippen molar-refractivity contribution in [1.82, 2.24) is 4.31 Å². The Kier molecular flexibility index (Phi) is 7.73. The molecule has 1 fully saturated rings. The summed E-state index contributed by atoms with van der Waals surface area (Å²) in [7, 11) is 0.694. The van der Waals surface area contributed by atoms with Gasteiger partial charge in [-0.2, -0.15) is 4.31 Å². The number of hydrogen-bond donors (Lipinski definition) is 1. The van der Waals surface area contributed by atoms with E-state index >= 15 is 0 Å². The SMILES string of the molecule is COc1ccc(NC(=O)C=Cc2ccc(OC)c(S(=O)(=O)N3CCOCC3)c2)cc1OC. The molecule has 1 heterocycles. The standard InChI is InChI=1S/C22H26N2O7S/c1-28-18-8-6-17(15-20(18)30-3)23-22(25)9-5-16-4-7-19(29-2)21(14-16)32(26,27)24-10-12-31-13-11-24/h4-9,14-15H,10-13H2,1-3H3,(H,23,25). The predicted octanol–water partition coefficient (Wildman–Crippen LogP) is 2.39. The van der Waals surface area contributed by atoms with Crippen LogP contribution in [0.15, 0.2) is 47.4 Å². The van der Waals surface area contributed by atoms with Crippen LogP contribution in [-0.4, -0.2) is 66.3 Å². The Morgan fingerprint density at radius 3 is 2.28 bits per heavy atom. The van der Waals surface area contributed by atoms with Crippen LogP contribution >= 0.6 is 0 Å². The van der Waals surface area contributed by atoms with Crippen molar-refractivity contribution in [3.05, 3.63) is 48.0 Å². The number of ether oxygens (including phenoxy) is 4. The normalized spacial score (nSPS) is 14.8. The van der Waals surface area contributed by atoms with E-state index in [4.69, 9.17) is 18.9 Å². The van der Waals surface area contributed by atoms with Crippen LogP contribution in [0.3, 0.4) is 0 Å². The highest BCUT2D eigenvalue weighted by atomic mass is 32.2. The van der Waals surface area contributed by atoms with Gasteiger partial charge in [-0.25, -0.2) is 8.42 Å². The lowest BCUT2D eigenvalue weighted by atomic mass is 10.2. The van der Waals surface area contributed by atoms with Crippen molar-refractivity contribution in [3.8, 4) is 17.2 Å². The Morgan fingerprint density at radius 2 is 1.62 bits per heavy atom. The molecule has 32 heavy (non-hydrogen) atoms. The Hall–Kier alpha value is -3.08. The summed E-state index contributed by atoms with van der Waals surface area (Å²) >= 11 is 0. The van der Waals surface area contributed by atoms with Crippen LogP contribution in [0.5, 0.6) is 17.2 Å². The number of benzene rings is 2. The summed E-state index contributed by atoms with van der Waals surface area (Å²) in [5, 5.41) is 2.73. The fourth-order valence-corrected chi connectivity index (χ4v) is 4.79. The smallest absolute Gasteiger partial charge is 0.248 e. The maximum absolute atomic E-state index is 13.1. The van der Waals surface area contributed by atoms with Crippen LogP contribution in [-0.2, 0) is 19.6 Å². The molecule has 1 N–H and O–H groups in total. The lowest BCUT2D eigenvalue weighted by molar-refractivity contribution is -0.111. The molecule has 1 amide bonds. The average molecular weight is 463 g/mol. The minimum atomic E-state index is -3.76. The van der Waals surface area contributed by atoms with E-state index in [0.717, 1.165) is 0 Å². The highest BCUT2D eigenvalue weighted by Crippen LogP contribution is 2.30. The zero-order chi connectivity index (χ0) is 23.1. The van der Waals surface area contributed by atoms with Gasteiger partial charge in [0.15, 0.2) is 11.5 Å². The first-order valence-electron chi connectivity index (χ1n) is 9.86. The lowest BCUT2D eigenvalue weighted by Gasteiger charge is -2.26. The monoisotopic (exact) mass is 462 g/mol. The van der Waals surface area contributed by atoms with Gasteiger partial charge in [0.05, 0.1) is 34.5 Å². The van der Waals surface area contributed by atoms with Crippen molar-refractivity contribution >= 4 is 27.7 Å². The highest BCUT2D eigenvalue weighted by Gasteiger charge is 2.29. The fraction of sp³-hybridized carbons (Fsp3) is 0.318. The number of sulfonamides is 1. The molecular weight excluding hydrogens is 436 g/mol. The second kappa shape index (κ2) is 10.5. The summed E-state index contributed by atoms with van der Waals surface area (Å²) in [6.45, 7) is 1.24. The largest absolute Gasteiger partial charge is 0.495 e. The number of morpholine rings is 1. The van der Waals surface area contributed by atoms with E-state index in [1.807, 2.05) is 0 Å². The van der Waals surface area contributed by atoms with Crippen molar-refractivity contribution in [2.24, 2.45) is 0 Å². The van der Waals surface area contributed by atoms with E-state index in [0.29, 0.717) is 36.0 Å². The lowest BCUT2D eigenvalue weighted by Crippen LogP contribution is -2.40. The third-order valence-electron chi connectivity index (χ3n) is 4.85. The second-order valence-corrected chi connectivity index (χ2v) is 8.73. The van der Waals surface area contributed by atoms with E-state index in [1.165, 1.54) is 43.9 Å². The molecule has 0 unspecified atom stereocenters. The van der Waals surface area contributed by atoms with Crippen LogP contribution in [0.2, 0.25) is 0 Å². The van der Waals surface area contributed by atoms with Crippen molar-refractivity contribution in [2.45, 2.75) is 4.90 Å². The van der Waals surface area contributed by atoms with Gasteiger partial charge in [-0.3, -0.25) is 4.79 Å². The molecule has 10 heteroatoms. The first-order valence-corrected chi connectivity index (χ1v) is 11.3. The van der Waals surface area contributed by atoms with E-state index in [1.54, 1.807) is 30.3 Å². The molecule has 1 saturated heterocycles. The van der Waals surface area contributed by atoms with E-state index in [-0.39, 0.29) is 29.6 Å². The molecule has 9 nitrogen and oxygen atoms in total. The number of anilines is 1. The van der Waals surface area contributed by atoms with E-state index < -0.39 is 10.0 Å². The average Bonchev–Trinajstić information content (AvgIpc) is 2.83. The summed E-state index contributed by atoms with van der Waals surface area (Å²) in [5.41, 5.74) is 1.07. The minimum absolute atomic E-state index is 0.0457. The zero-order valence-corrected chi connectivity index (χ0v) is 19.0.